The second kappa shape index (κ2) is 7.06. The Morgan fingerprint density at radius 1 is 1.41 bits per heavy atom. The molecule has 1 unspecified atom stereocenters. The minimum atomic E-state index is -0.936. The zero-order chi connectivity index (χ0) is 12.7. The highest BCUT2D eigenvalue weighted by Crippen LogP contribution is 2.10. The van der Waals surface area contributed by atoms with Gasteiger partial charge in [-0.3, -0.25) is 9.59 Å². The number of hydrogen-bond donors (Lipinski definition) is 1. The second-order valence-electron chi connectivity index (χ2n) is 4.09. The lowest BCUT2D eigenvalue weighted by molar-refractivity contribution is -0.141. The average Bonchev–Trinajstić information content (AvgIpc) is 2.26. The fourth-order valence-corrected chi connectivity index (χ4v) is 1.78. The third-order valence-electron chi connectivity index (χ3n) is 2.79. The van der Waals surface area contributed by atoms with Crippen LogP contribution in [0.2, 0.25) is 0 Å². The van der Waals surface area contributed by atoms with E-state index in [9.17, 15) is 9.59 Å². The van der Waals surface area contributed by atoms with Crippen molar-refractivity contribution in [2.24, 2.45) is 0 Å². The number of carbonyl (C=O) groups is 2. The van der Waals surface area contributed by atoms with Crippen molar-refractivity contribution in [2.45, 2.75) is 31.8 Å². The van der Waals surface area contributed by atoms with Crippen LogP contribution in [0.25, 0.3) is 0 Å². The minimum Gasteiger partial charge on any atom is -0.481 e. The van der Waals surface area contributed by atoms with Gasteiger partial charge in [0, 0.05) is 26.6 Å². The van der Waals surface area contributed by atoms with Crippen molar-refractivity contribution in [3.8, 4) is 0 Å². The molecule has 1 N–H and O–H groups in total. The SMILES string of the molecule is COC1C/C=C\CCN(C(=O)CCC(=O)O)C1. The number of carbonyl (C=O) groups excluding carboxylic acids is 1. The van der Waals surface area contributed by atoms with Crippen LogP contribution in [-0.4, -0.2) is 48.2 Å². The summed E-state index contributed by atoms with van der Waals surface area (Å²) in [5.74, 6) is -1.04. The Morgan fingerprint density at radius 2 is 2.18 bits per heavy atom. The van der Waals surface area contributed by atoms with Crippen molar-refractivity contribution in [1.82, 2.24) is 4.90 Å². The number of ether oxygens (including phenoxy) is 1. The van der Waals surface area contributed by atoms with Gasteiger partial charge in [-0.15, -0.1) is 0 Å². The standard InChI is InChI=1S/C12H19NO4/c1-17-10-5-3-2-4-8-13(9-10)11(14)6-7-12(15)16/h2-3,10H,4-9H2,1H3,(H,15,16)/b3-2-. The summed E-state index contributed by atoms with van der Waals surface area (Å²) in [4.78, 5) is 23.9. The molecule has 5 heteroatoms. The summed E-state index contributed by atoms with van der Waals surface area (Å²) in [6.07, 6.45) is 5.66. The number of methoxy groups -OCH3 is 1. The lowest BCUT2D eigenvalue weighted by Gasteiger charge is -2.27. The number of rotatable bonds is 4. The summed E-state index contributed by atoms with van der Waals surface area (Å²) < 4.78 is 5.27. The summed E-state index contributed by atoms with van der Waals surface area (Å²) in [5, 5.41) is 8.55. The van der Waals surface area contributed by atoms with Gasteiger partial charge in [0.2, 0.25) is 5.91 Å². The van der Waals surface area contributed by atoms with Gasteiger partial charge >= 0.3 is 5.97 Å². The van der Waals surface area contributed by atoms with E-state index in [0.29, 0.717) is 13.1 Å². The van der Waals surface area contributed by atoms with Crippen LogP contribution in [0, 0.1) is 0 Å². The number of aliphatic carboxylic acids is 1. The summed E-state index contributed by atoms with van der Waals surface area (Å²) >= 11 is 0. The molecule has 1 atom stereocenters. The molecule has 0 radical (unpaired) electrons. The van der Waals surface area contributed by atoms with Gasteiger partial charge in [-0.25, -0.2) is 0 Å². The van der Waals surface area contributed by atoms with E-state index in [0.717, 1.165) is 12.8 Å². The zero-order valence-corrected chi connectivity index (χ0v) is 10.1. The van der Waals surface area contributed by atoms with Gasteiger partial charge in [0.25, 0.3) is 0 Å². The first kappa shape index (κ1) is 13.7. The third kappa shape index (κ3) is 4.99. The number of nitrogens with zero attached hydrogens (tertiary/aromatic N) is 1. The number of carboxylic acid groups (broad SMARTS) is 1. The van der Waals surface area contributed by atoms with Crippen molar-refractivity contribution in [2.75, 3.05) is 20.2 Å². The lowest BCUT2D eigenvalue weighted by Crippen LogP contribution is -2.39. The van der Waals surface area contributed by atoms with Crippen LogP contribution in [0.5, 0.6) is 0 Å². The predicted octanol–water partition coefficient (Wildman–Crippen LogP) is 1.04. The van der Waals surface area contributed by atoms with E-state index >= 15 is 0 Å². The van der Waals surface area contributed by atoms with Crippen molar-refractivity contribution in [3.63, 3.8) is 0 Å². The van der Waals surface area contributed by atoms with Crippen molar-refractivity contribution in [3.05, 3.63) is 12.2 Å². The summed E-state index contributed by atoms with van der Waals surface area (Å²) in [7, 11) is 1.63. The highest BCUT2D eigenvalue weighted by atomic mass is 16.5. The van der Waals surface area contributed by atoms with Crippen LogP contribution in [0.3, 0.4) is 0 Å². The van der Waals surface area contributed by atoms with Crippen LogP contribution in [-0.2, 0) is 14.3 Å². The number of carboxylic acids is 1. The maximum absolute atomic E-state index is 11.8. The largest absolute Gasteiger partial charge is 0.481 e. The molecule has 1 amide bonds. The van der Waals surface area contributed by atoms with Gasteiger partial charge in [-0.2, -0.15) is 0 Å². The van der Waals surface area contributed by atoms with Gasteiger partial charge in [0.15, 0.2) is 0 Å². The van der Waals surface area contributed by atoms with Gasteiger partial charge in [0.1, 0.15) is 0 Å². The molecule has 17 heavy (non-hydrogen) atoms. The Morgan fingerprint density at radius 3 is 2.82 bits per heavy atom. The molecule has 0 aliphatic carbocycles. The molecule has 5 nitrogen and oxygen atoms in total. The Hall–Kier alpha value is -1.36. The monoisotopic (exact) mass is 241 g/mol. The van der Waals surface area contributed by atoms with Crippen LogP contribution in [0.1, 0.15) is 25.7 Å². The van der Waals surface area contributed by atoms with E-state index in [-0.39, 0.29) is 24.9 Å². The molecule has 0 aromatic rings. The second-order valence-corrected chi connectivity index (χ2v) is 4.09. The normalized spacial score (nSPS) is 22.6. The summed E-state index contributed by atoms with van der Waals surface area (Å²) in [6.45, 7) is 1.17. The van der Waals surface area contributed by atoms with Crippen molar-refractivity contribution >= 4 is 11.9 Å². The molecule has 1 aliphatic rings. The molecule has 0 bridgehead atoms. The van der Waals surface area contributed by atoms with Crippen molar-refractivity contribution < 1.29 is 19.4 Å². The minimum absolute atomic E-state index is 0.000304. The van der Waals surface area contributed by atoms with E-state index in [4.69, 9.17) is 9.84 Å². The third-order valence-corrected chi connectivity index (χ3v) is 2.79. The van der Waals surface area contributed by atoms with E-state index in [1.54, 1.807) is 12.0 Å². The highest BCUT2D eigenvalue weighted by molar-refractivity contribution is 5.80. The lowest BCUT2D eigenvalue weighted by atomic mass is 10.1. The molecule has 0 aromatic heterocycles. The fraction of sp³-hybridized carbons (Fsp3) is 0.667. The smallest absolute Gasteiger partial charge is 0.303 e. The summed E-state index contributed by atoms with van der Waals surface area (Å²) in [6, 6.07) is 0. The summed E-state index contributed by atoms with van der Waals surface area (Å²) in [5.41, 5.74) is 0. The first-order valence-electron chi connectivity index (χ1n) is 5.81. The van der Waals surface area contributed by atoms with E-state index in [1.807, 2.05) is 6.08 Å². The maximum atomic E-state index is 11.8. The number of amides is 1. The molecule has 0 saturated carbocycles. The number of hydrogen-bond acceptors (Lipinski definition) is 3. The first-order valence-corrected chi connectivity index (χ1v) is 5.81. The predicted molar refractivity (Wildman–Crippen MR) is 62.6 cm³/mol. The Bertz CT molecular complexity index is 301. The molecule has 1 aliphatic heterocycles. The van der Waals surface area contributed by atoms with E-state index in [1.165, 1.54) is 0 Å². The molecular weight excluding hydrogens is 222 g/mol. The fourth-order valence-electron chi connectivity index (χ4n) is 1.78. The van der Waals surface area contributed by atoms with E-state index < -0.39 is 5.97 Å². The average molecular weight is 241 g/mol. The highest BCUT2D eigenvalue weighted by Gasteiger charge is 2.19. The Labute approximate surface area is 101 Å². The molecule has 96 valence electrons. The molecule has 0 spiro atoms. The first-order chi connectivity index (χ1) is 8.13. The molecule has 0 aromatic carbocycles. The maximum Gasteiger partial charge on any atom is 0.303 e. The topological polar surface area (TPSA) is 66.8 Å². The Kier molecular flexibility index (Phi) is 5.69. The zero-order valence-electron chi connectivity index (χ0n) is 10.1. The van der Waals surface area contributed by atoms with Crippen molar-refractivity contribution in [1.29, 1.82) is 0 Å². The van der Waals surface area contributed by atoms with E-state index in [2.05, 4.69) is 6.08 Å². The van der Waals surface area contributed by atoms with Crippen LogP contribution in [0.15, 0.2) is 12.2 Å². The molecule has 1 heterocycles. The molecular formula is C12H19NO4. The van der Waals surface area contributed by atoms with Gasteiger partial charge in [-0.05, 0) is 12.8 Å². The quantitative estimate of drug-likeness (QED) is 0.747. The van der Waals surface area contributed by atoms with Gasteiger partial charge < -0.3 is 14.7 Å². The molecule has 1 rings (SSSR count). The molecule has 0 fully saturated rings. The van der Waals surface area contributed by atoms with Crippen LogP contribution < -0.4 is 0 Å². The Balaban J connectivity index is 2.51. The van der Waals surface area contributed by atoms with Gasteiger partial charge in [0.05, 0.1) is 12.5 Å². The van der Waals surface area contributed by atoms with Crippen LogP contribution >= 0.6 is 0 Å². The molecule has 0 saturated heterocycles. The van der Waals surface area contributed by atoms with Gasteiger partial charge in [-0.1, -0.05) is 12.2 Å². The van der Waals surface area contributed by atoms with Crippen LogP contribution in [0.4, 0.5) is 0 Å².